The van der Waals surface area contributed by atoms with E-state index in [0.717, 1.165) is 6.07 Å². The minimum atomic E-state index is -3.29. The van der Waals surface area contributed by atoms with E-state index < -0.39 is 35.1 Å². The highest BCUT2D eigenvalue weighted by molar-refractivity contribution is 5.98. The van der Waals surface area contributed by atoms with Gasteiger partial charge >= 0.3 is 12.6 Å². The zero-order valence-electron chi connectivity index (χ0n) is 19.2. The van der Waals surface area contributed by atoms with Crippen molar-refractivity contribution in [2.75, 3.05) is 36.0 Å². The number of alkyl halides is 2. The molecule has 35 heavy (non-hydrogen) atoms. The van der Waals surface area contributed by atoms with Crippen LogP contribution in [-0.2, 0) is 13.0 Å². The van der Waals surface area contributed by atoms with Crippen LogP contribution in [0.4, 0.5) is 24.8 Å². The second kappa shape index (κ2) is 9.80. The summed E-state index contributed by atoms with van der Waals surface area (Å²) in [6.45, 7) is 1.51. The van der Waals surface area contributed by atoms with Gasteiger partial charge in [0.25, 0.3) is 0 Å². The number of nitrogens with zero attached hydrogens (tertiary/aromatic N) is 5. The number of ether oxygens (including phenoxy) is 1. The smallest absolute Gasteiger partial charge is 0.387 e. The van der Waals surface area contributed by atoms with Gasteiger partial charge in [0, 0.05) is 50.8 Å². The molecule has 0 unspecified atom stereocenters. The molecule has 4 rings (SSSR count). The van der Waals surface area contributed by atoms with Crippen molar-refractivity contribution in [2.45, 2.75) is 33.4 Å². The Hall–Kier alpha value is -3.83. The highest BCUT2D eigenvalue weighted by atomic mass is 19.3. The molecule has 1 aliphatic rings. The van der Waals surface area contributed by atoms with E-state index in [-0.39, 0.29) is 48.3 Å². The Balaban J connectivity index is 1.90. The molecule has 1 saturated heterocycles. The number of benzene rings is 1. The van der Waals surface area contributed by atoms with Crippen molar-refractivity contribution in [1.82, 2.24) is 14.5 Å². The summed E-state index contributed by atoms with van der Waals surface area (Å²) in [5.41, 5.74) is -1.54. The number of anilines is 2. The second-order valence-electron chi connectivity index (χ2n) is 7.89. The zero-order valence-corrected chi connectivity index (χ0v) is 19.2. The number of piperazine rings is 1. The lowest BCUT2D eigenvalue weighted by Gasteiger charge is -2.37. The van der Waals surface area contributed by atoms with Crippen LogP contribution in [0.1, 0.15) is 29.9 Å². The number of aryl methyl sites for hydroxylation is 1. The number of hydrogen-bond acceptors (Lipinski definition) is 7. The van der Waals surface area contributed by atoms with Crippen LogP contribution in [0.3, 0.4) is 0 Å². The van der Waals surface area contributed by atoms with Crippen LogP contribution in [0.25, 0.3) is 10.9 Å². The molecule has 3 aromatic rings. The number of carboxylic acids is 1. The number of aromatic carboxylic acids is 1. The predicted molar refractivity (Wildman–Crippen MR) is 123 cm³/mol. The normalized spacial score (nSPS) is 14.1. The van der Waals surface area contributed by atoms with Crippen molar-refractivity contribution in [2.24, 2.45) is 0 Å². The molecule has 1 fully saturated rings. The number of carboxylic acid groups (broad SMARTS) is 1. The molecule has 1 N–H and O–H groups in total. The standard InChI is InChI=1S/C23H24F3N5O4/c1-3-15-16(21(33)34)19(32)13-12-14(24)18(20(35-22(25)26)17(13)31(15)4-2)29-8-10-30(11-9-29)23-27-6-5-7-28-23/h5-7,12,22H,3-4,8-11H2,1-2H3,(H,33,34). The first kappa shape index (κ1) is 24.3. The van der Waals surface area contributed by atoms with E-state index in [1.807, 2.05) is 4.90 Å². The lowest BCUT2D eigenvalue weighted by molar-refractivity contribution is -0.0488. The third-order valence-corrected chi connectivity index (χ3v) is 6.04. The first-order valence-electron chi connectivity index (χ1n) is 11.1. The predicted octanol–water partition coefficient (Wildman–Crippen LogP) is 3.14. The molecule has 0 radical (unpaired) electrons. The average Bonchev–Trinajstić information content (AvgIpc) is 2.84. The van der Waals surface area contributed by atoms with Crippen molar-refractivity contribution in [3.8, 4) is 5.75 Å². The van der Waals surface area contributed by atoms with Gasteiger partial charge in [0.2, 0.25) is 11.4 Å². The monoisotopic (exact) mass is 491 g/mol. The Kier molecular flexibility index (Phi) is 6.81. The van der Waals surface area contributed by atoms with Gasteiger partial charge in [-0.2, -0.15) is 8.78 Å². The molecule has 0 spiro atoms. The van der Waals surface area contributed by atoms with Gasteiger partial charge in [0.1, 0.15) is 11.3 Å². The fraction of sp³-hybridized carbons (Fsp3) is 0.391. The maximum atomic E-state index is 15.5. The number of rotatable bonds is 7. The van der Waals surface area contributed by atoms with Gasteiger partial charge in [-0.05, 0) is 25.5 Å². The number of halogens is 3. The lowest BCUT2D eigenvalue weighted by atomic mass is 10.0. The fourth-order valence-corrected chi connectivity index (χ4v) is 4.60. The first-order valence-corrected chi connectivity index (χ1v) is 11.1. The molecule has 0 aliphatic carbocycles. The average molecular weight is 491 g/mol. The fourth-order valence-electron chi connectivity index (χ4n) is 4.60. The summed E-state index contributed by atoms with van der Waals surface area (Å²) in [5.74, 6) is -2.39. The highest BCUT2D eigenvalue weighted by Crippen LogP contribution is 2.40. The Bertz CT molecular complexity index is 1310. The van der Waals surface area contributed by atoms with Crippen molar-refractivity contribution in [1.29, 1.82) is 0 Å². The SMILES string of the molecule is CCc1c(C(=O)O)c(=O)c2cc(F)c(N3CCN(c4ncccn4)CC3)c(OC(F)F)c2n1CC. The summed E-state index contributed by atoms with van der Waals surface area (Å²) < 4.78 is 48.9. The van der Waals surface area contributed by atoms with Gasteiger partial charge in [0.15, 0.2) is 11.6 Å². The largest absolute Gasteiger partial charge is 0.477 e. The van der Waals surface area contributed by atoms with Crippen molar-refractivity contribution in [3.63, 3.8) is 0 Å². The van der Waals surface area contributed by atoms with E-state index >= 15 is 4.39 Å². The third-order valence-electron chi connectivity index (χ3n) is 6.04. The summed E-state index contributed by atoms with van der Waals surface area (Å²) in [7, 11) is 0. The molecule has 1 aliphatic heterocycles. The van der Waals surface area contributed by atoms with Crippen LogP contribution in [0.15, 0.2) is 29.3 Å². The molecular formula is C23H24F3N5O4. The second-order valence-corrected chi connectivity index (χ2v) is 7.89. The van der Waals surface area contributed by atoms with Crippen molar-refractivity contribution in [3.05, 3.63) is 51.8 Å². The molecule has 12 heteroatoms. The van der Waals surface area contributed by atoms with Gasteiger partial charge in [-0.25, -0.2) is 19.2 Å². The summed E-state index contributed by atoms with van der Waals surface area (Å²) >= 11 is 0. The van der Waals surface area contributed by atoms with Gasteiger partial charge in [-0.15, -0.1) is 0 Å². The maximum absolute atomic E-state index is 15.5. The minimum Gasteiger partial charge on any atom is -0.477 e. The summed E-state index contributed by atoms with van der Waals surface area (Å²) in [4.78, 5) is 36.8. The first-order chi connectivity index (χ1) is 16.8. The Labute approximate surface area is 198 Å². The Morgan fingerprint density at radius 1 is 1.14 bits per heavy atom. The van der Waals surface area contributed by atoms with E-state index in [0.29, 0.717) is 19.0 Å². The number of carbonyl (C=O) groups is 1. The van der Waals surface area contributed by atoms with Crippen LogP contribution in [0.2, 0.25) is 0 Å². The van der Waals surface area contributed by atoms with E-state index in [1.165, 1.54) is 4.57 Å². The third kappa shape index (κ3) is 4.35. The Morgan fingerprint density at radius 2 is 1.77 bits per heavy atom. The molecule has 0 atom stereocenters. The number of fused-ring (bicyclic) bond motifs is 1. The van der Waals surface area contributed by atoms with Crippen LogP contribution in [0.5, 0.6) is 5.75 Å². The van der Waals surface area contributed by atoms with Crippen LogP contribution < -0.4 is 20.0 Å². The molecule has 186 valence electrons. The molecule has 9 nitrogen and oxygen atoms in total. The number of hydrogen-bond donors (Lipinski definition) is 1. The van der Waals surface area contributed by atoms with E-state index in [1.54, 1.807) is 37.2 Å². The highest BCUT2D eigenvalue weighted by Gasteiger charge is 2.31. The van der Waals surface area contributed by atoms with Crippen molar-refractivity contribution >= 4 is 28.5 Å². The van der Waals surface area contributed by atoms with Gasteiger partial charge in [-0.1, -0.05) is 6.92 Å². The van der Waals surface area contributed by atoms with E-state index in [4.69, 9.17) is 4.74 Å². The molecular weight excluding hydrogens is 467 g/mol. The van der Waals surface area contributed by atoms with Crippen LogP contribution >= 0.6 is 0 Å². The Morgan fingerprint density at radius 3 is 2.31 bits per heavy atom. The van der Waals surface area contributed by atoms with Crippen LogP contribution in [0, 0.1) is 5.82 Å². The summed E-state index contributed by atoms with van der Waals surface area (Å²) in [5, 5.41) is 9.31. The zero-order chi connectivity index (χ0) is 25.3. The molecule has 1 aromatic carbocycles. The number of aromatic nitrogens is 3. The van der Waals surface area contributed by atoms with Crippen LogP contribution in [-0.4, -0.2) is 58.4 Å². The summed E-state index contributed by atoms with van der Waals surface area (Å²) in [6, 6.07) is 2.60. The molecule has 0 amide bonds. The van der Waals surface area contributed by atoms with E-state index in [2.05, 4.69) is 9.97 Å². The van der Waals surface area contributed by atoms with Gasteiger partial charge in [0.05, 0.1) is 10.9 Å². The molecule has 2 aromatic heterocycles. The minimum absolute atomic E-state index is 0.0510. The molecule has 0 bridgehead atoms. The quantitative estimate of drug-likeness (QED) is 0.538. The molecule has 3 heterocycles. The van der Waals surface area contributed by atoms with E-state index in [9.17, 15) is 23.5 Å². The summed E-state index contributed by atoms with van der Waals surface area (Å²) in [6.07, 6.45) is 3.36. The topological polar surface area (TPSA) is 101 Å². The maximum Gasteiger partial charge on any atom is 0.387 e. The molecule has 0 saturated carbocycles. The number of pyridine rings is 1. The van der Waals surface area contributed by atoms with Gasteiger partial charge < -0.3 is 24.2 Å². The van der Waals surface area contributed by atoms with Gasteiger partial charge in [-0.3, -0.25) is 4.79 Å². The van der Waals surface area contributed by atoms with Crippen molar-refractivity contribution < 1.29 is 27.8 Å². The lowest BCUT2D eigenvalue weighted by Crippen LogP contribution is -2.47.